The molecule has 0 saturated heterocycles. The minimum Gasteiger partial charge on any atom is -0.461 e. The molecule has 1 heterocycles. The lowest BCUT2D eigenvalue weighted by Crippen LogP contribution is -2.06. The fourth-order valence-electron chi connectivity index (χ4n) is 1.84. The van der Waals surface area contributed by atoms with Gasteiger partial charge in [-0.15, -0.1) is 0 Å². The Kier molecular flexibility index (Phi) is 4.22. The maximum atomic E-state index is 11.7. The quantitative estimate of drug-likeness (QED) is 0.805. The molecule has 0 aliphatic carbocycles. The number of benzene rings is 1. The third kappa shape index (κ3) is 2.96. The van der Waals surface area contributed by atoms with E-state index in [9.17, 15) is 4.79 Å². The lowest BCUT2D eigenvalue weighted by atomic mass is 10.1. The number of ether oxygens (including phenoxy) is 1. The number of aromatic nitrogens is 2. The standard InChI is InChI=1S/C14H15ClN2O2/c1-3-17-13(10-6-5-7-11(15)8-10)9-12(16-17)14(18)19-4-2/h5-9H,3-4H2,1-2H3. The number of esters is 1. The van der Waals surface area contributed by atoms with E-state index in [1.165, 1.54) is 0 Å². The summed E-state index contributed by atoms with van der Waals surface area (Å²) in [6, 6.07) is 9.19. The highest BCUT2D eigenvalue weighted by molar-refractivity contribution is 6.30. The summed E-state index contributed by atoms with van der Waals surface area (Å²) in [5, 5.41) is 4.90. The van der Waals surface area contributed by atoms with Gasteiger partial charge in [0.05, 0.1) is 12.3 Å². The SMILES string of the molecule is CCOC(=O)c1cc(-c2cccc(Cl)c2)n(CC)n1. The van der Waals surface area contributed by atoms with Gasteiger partial charge in [0.2, 0.25) is 0 Å². The highest BCUT2D eigenvalue weighted by Gasteiger charge is 2.15. The topological polar surface area (TPSA) is 44.1 Å². The van der Waals surface area contributed by atoms with Crippen molar-refractivity contribution in [2.24, 2.45) is 0 Å². The highest BCUT2D eigenvalue weighted by atomic mass is 35.5. The van der Waals surface area contributed by atoms with Gasteiger partial charge >= 0.3 is 5.97 Å². The molecule has 0 N–H and O–H groups in total. The summed E-state index contributed by atoms with van der Waals surface area (Å²) in [7, 11) is 0. The van der Waals surface area contributed by atoms with Crippen molar-refractivity contribution in [1.82, 2.24) is 9.78 Å². The maximum absolute atomic E-state index is 11.7. The van der Waals surface area contributed by atoms with Crippen molar-refractivity contribution in [2.45, 2.75) is 20.4 Å². The summed E-state index contributed by atoms with van der Waals surface area (Å²) < 4.78 is 6.72. The van der Waals surface area contributed by atoms with Crippen molar-refractivity contribution >= 4 is 17.6 Å². The summed E-state index contributed by atoms with van der Waals surface area (Å²) >= 11 is 5.99. The van der Waals surface area contributed by atoms with Gasteiger partial charge in [-0.1, -0.05) is 23.7 Å². The minimum absolute atomic E-state index is 0.318. The average Bonchev–Trinajstić information content (AvgIpc) is 2.83. The minimum atomic E-state index is -0.405. The van der Waals surface area contributed by atoms with Crippen LogP contribution in [0.3, 0.4) is 0 Å². The first-order valence-electron chi connectivity index (χ1n) is 6.16. The first-order chi connectivity index (χ1) is 9.15. The Labute approximate surface area is 116 Å². The molecule has 0 radical (unpaired) electrons. The van der Waals surface area contributed by atoms with Gasteiger partial charge in [-0.2, -0.15) is 5.10 Å². The molecule has 0 saturated carbocycles. The van der Waals surface area contributed by atoms with E-state index in [2.05, 4.69) is 5.10 Å². The Hall–Kier alpha value is -1.81. The molecule has 5 heteroatoms. The van der Waals surface area contributed by atoms with Crippen LogP contribution in [-0.2, 0) is 11.3 Å². The van der Waals surface area contributed by atoms with Crippen molar-refractivity contribution in [3.05, 3.63) is 41.0 Å². The summed E-state index contributed by atoms with van der Waals surface area (Å²) in [5.41, 5.74) is 2.10. The molecule has 1 aromatic carbocycles. The number of nitrogens with zero attached hydrogens (tertiary/aromatic N) is 2. The van der Waals surface area contributed by atoms with Crippen LogP contribution < -0.4 is 0 Å². The molecule has 0 amide bonds. The molecule has 0 bridgehead atoms. The zero-order chi connectivity index (χ0) is 13.8. The molecule has 0 unspecified atom stereocenters. The van der Waals surface area contributed by atoms with Crippen LogP contribution in [0.25, 0.3) is 11.3 Å². The number of carbonyl (C=O) groups excluding carboxylic acids is 1. The molecule has 2 rings (SSSR count). The second kappa shape index (κ2) is 5.89. The predicted octanol–water partition coefficient (Wildman–Crippen LogP) is 3.40. The highest BCUT2D eigenvalue weighted by Crippen LogP contribution is 2.24. The first-order valence-corrected chi connectivity index (χ1v) is 6.54. The van der Waals surface area contributed by atoms with Crippen LogP contribution in [0.4, 0.5) is 0 Å². The molecule has 0 aliphatic rings. The molecule has 1 aromatic heterocycles. The van der Waals surface area contributed by atoms with Gasteiger partial charge in [0, 0.05) is 17.1 Å². The number of hydrogen-bond donors (Lipinski definition) is 0. The summed E-state index contributed by atoms with van der Waals surface area (Å²) in [6.45, 7) is 4.74. The number of halogens is 1. The number of hydrogen-bond acceptors (Lipinski definition) is 3. The number of aryl methyl sites for hydroxylation is 1. The molecule has 0 atom stereocenters. The van der Waals surface area contributed by atoms with Gasteiger partial charge in [0.25, 0.3) is 0 Å². The van der Waals surface area contributed by atoms with Crippen LogP contribution in [0.2, 0.25) is 5.02 Å². The van der Waals surface area contributed by atoms with Gasteiger partial charge < -0.3 is 4.74 Å². The smallest absolute Gasteiger partial charge is 0.358 e. The van der Waals surface area contributed by atoms with Gasteiger partial charge in [-0.05, 0) is 32.0 Å². The zero-order valence-electron chi connectivity index (χ0n) is 10.9. The fourth-order valence-corrected chi connectivity index (χ4v) is 2.03. The van der Waals surface area contributed by atoms with E-state index in [-0.39, 0.29) is 0 Å². The van der Waals surface area contributed by atoms with Crippen molar-refractivity contribution in [2.75, 3.05) is 6.61 Å². The summed E-state index contributed by atoms with van der Waals surface area (Å²) in [5.74, 6) is -0.405. The summed E-state index contributed by atoms with van der Waals surface area (Å²) in [6.07, 6.45) is 0. The van der Waals surface area contributed by atoms with E-state index in [1.807, 2.05) is 31.2 Å². The molecule has 0 fully saturated rings. The Balaban J connectivity index is 2.42. The molecule has 19 heavy (non-hydrogen) atoms. The first kappa shape index (κ1) is 13.6. The third-order valence-electron chi connectivity index (χ3n) is 2.68. The van der Waals surface area contributed by atoms with Crippen LogP contribution in [0, 0.1) is 0 Å². The normalized spacial score (nSPS) is 10.5. The zero-order valence-corrected chi connectivity index (χ0v) is 11.6. The van der Waals surface area contributed by atoms with E-state index in [0.29, 0.717) is 23.9 Å². The van der Waals surface area contributed by atoms with Crippen molar-refractivity contribution in [1.29, 1.82) is 0 Å². The Morgan fingerprint density at radius 2 is 2.16 bits per heavy atom. The second-order valence-electron chi connectivity index (χ2n) is 3.96. The number of rotatable bonds is 4. The fraction of sp³-hybridized carbons (Fsp3) is 0.286. The molecule has 100 valence electrons. The second-order valence-corrected chi connectivity index (χ2v) is 4.40. The Morgan fingerprint density at radius 3 is 2.79 bits per heavy atom. The monoisotopic (exact) mass is 278 g/mol. The van der Waals surface area contributed by atoms with E-state index in [0.717, 1.165) is 11.3 Å². The van der Waals surface area contributed by atoms with Crippen LogP contribution in [0.1, 0.15) is 24.3 Å². The lowest BCUT2D eigenvalue weighted by Gasteiger charge is -2.04. The molecular formula is C14H15ClN2O2. The molecular weight excluding hydrogens is 264 g/mol. The third-order valence-corrected chi connectivity index (χ3v) is 2.92. The predicted molar refractivity (Wildman–Crippen MR) is 74.3 cm³/mol. The van der Waals surface area contributed by atoms with Crippen molar-refractivity contribution in [3.63, 3.8) is 0 Å². The Morgan fingerprint density at radius 1 is 1.37 bits per heavy atom. The van der Waals surface area contributed by atoms with Crippen LogP contribution in [0.15, 0.2) is 30.3 Å². The van der Waals surface area contributed by atoms with E-state index < -0.39 is 5.97 Å². The molecule has 0 spiro atoms. The van der Waals surface area contributed by atoms with Crippen molar-refractivity contribution < 1.29 is 9.53 Å². The summed E-state index contributed by atoms with van der Waals surface area (Å²) in [4.78, 5) is 11.7. The lowest BCUT2D eigenvalue weighted by molar-refractivity contribution is 0.0518. The molecule has 0 aliphatic heterocycles. The van der Waals surface area contributed by atoms with Gasteiger partial charge in [0.1, 0.15) is 0 Å². The molecule has 4 nitrogen and oxygen atoms in total. The van der Waals surface area contributed by atoms with Gasteiger partial charge in [-0.25, -0.2) is 4.79 Å². The van der Waals surface area contributed by atoms with Crippen LogP contribution in [0.5, 0.6) is 0 Å². The van der Waals surface area contributed by atoms with Gasteiger partial charge in [-0.3, -0.25) is 4.68 Å². The maximum Gasteiger partial charge on any atom is 0.358 e. The van der Waals surface area contributed by atoms with E-state index in [1.54, 1.807) is 17.7 Å². The van der Waals surface area contributed by atoms with Crippen molar-refractivity contribution in [3.8, 4) is 11.3 Å². The Bertz CT molecular complexity index is 593. The largest absolute Gasteiger partial charge is 0.461 e. The van der Waals surface area contributed by atoms with Crippen LogP contribution in [-0.4, -0.2) is 22.4 Å². The van der Waals surface area contributed by atoms with E-state index >= 15 is 0 Å². The van der Waals surface area contributed by atoms with Crippen LogP contribution >= 0.6 is 11.6 Å². The van der Waals surface area contributed by atoms with E-state index in [4.69, 9.17) is 16.3 Å². The van der Waals surface area contributed by atoms with Gasteiger partial charge in [0.15, 0.2) is 5.69 Å². The molecule has 2 aromatic rings. The number of carbonyl (C=O) groups is 1. The average molecular weight is 279 g/mol.